The van der Waals surface area contributed by atoms with Crippen LogP contribution in [-0.2, 0) is 0 Å². The molecule has 0 aliphatic rings. The van der Waals surface area contributed by atoms with Gasteiger partial charge in [0.25, 0.3) is 0 Å². The van der Waals surface area contributed by atoms with E-state index in [1.54, 1.807) is 12.1 Å². The number of rotatable bonds is 1. The molecule has 0 fully saturated rings. The molecular formula is C8H5N3O2. The quantitative estimate of drug-likeness (QED) is 0.630. The van der Waals surface area contributed by atoms with E-state index in [4.69, 9.17) is 0 Å². The SMILES string of the molecule is O=c1ccccnc1-c1conn1. The fourth-order valence-electron chi connectivity index (χ4n) is 0.913. The zero-order valence-corrected chi connectivity index (χ0v) is 6.54. The second-order valence-electron chi connectivity index (χ2n) is 2.33. The maximum absolute atomic E-state index is 11.3. The van der Waals surface area contributed by atoms with Gasteiger partial charge in [-0.2, -0.15) is 0 Å². The van der Waals surface area contributed by atoms with Crippen molar-refractivity contribution in [2.75, 3.05) is 0 Å². The summed E-state index contributed by atoms with van der Waals surface area (Å²) in [4.78, 5) is 15.3. The topological polar surface area (TPSA) is 68.9 Å². The average molecular weight is 175 g/mol. The molecule has 2 aromatic heterocycles. The Morgan fingerprint density at radius 3 is 3.00 bits per heavy atom. The molecule has 0 spiro atoms. The van der Waals surface area contributed by atoms with Crippen molar-refractivity contribution in [1.29, 1.82) is 0 Å². The van der Waals surface area contributed by atoms with E-state index in [-0.39, 0.29) is 11.1 Å². The highest BCUT2D eigenvalue weighted by Gasteiger charge is 2.05. The van der Waals surface area contributed by atoms with Crippen LogP contribution in [0.2, 0.25) is 0 Å². The van der Waals surface area contributed by atoms with Crippen LogP contribution in [-0.4, -0.2) is 15.4 Å². The minimum atomic E-state index is -0.208. The van der Waals surface area contributed by atoms with Crippen LogP contribution in [0, 0.1) is 0 Å². The summed E-state index contributed by atoms with van der Waals surface area (Å²) in [7, 11) is 0. The predicted molar refractivity (Wildman–Crippen MR) is 43.8 cm³/mol. The molecule has 0 bridgehead atoms. The van der Waals surface area contributed by atoms with E-state index in [2.05, 4.69) is 19.9 Å². The summed E-state index contributed by atoms with van der Waals surface area (Å²) >= 11 is 0. The Kier molecular flexibility index (Phi) is 1.84. The third-order valence-electron chi connectivity index (χ3n) is 1.48. The molecule has 13 heavy (non-hydrogen) atoms. The minimum absolute atomic E-state index is 0.208. The van der Waals surface area contributed by atoms with Gasteiger partial charge in [-0.3, -0.25) is 9.78 Å². The van der Waals surface area contributed by atoms with Gasteiger partial charge in [-0.1, -0.05) is 6.07 Å². The van der Waals surface area contributed by atoms with Crippen molar-refractivity contribution in [3.8, 4) is 11.4 Å². The average Bonchev–Trinajstić information content (AvgIpc) is 2.56. The van der Waals surface area contributed by atoms with E-state index >= 15 is 0 Å². The maximum Gasteiger partial charge on any atom is 0.206 e. The van der Waals surface area contributed by atoms with Crippen molar-refractivity contribution in [2.24, 2.45) is 0 Å². The van der Waals surface area contributed by atoms with Crippen molar-refractivity contribution in [2.45, 2.75) is 0 Å². The Morgan fingerprint density at radius 2 is 2.23 bits per heavy atom. The summed E-state index contributed by atoms with van der Waals surface area (Å²) in [5.74, 6) is 0. The molecule has 0 aliphatic carbocycles. The molecule has 0 atom stereocenters. The summed E-state index contributed by atoms with van der Waals surface area (Å²) in [5, 5.41) is 6.85. The molecule has 0 N–H and O–H groups in total. The van der Waals surface area contributed by atoms with Gasteiger partial charge in [0.1, 0.15) is 5.69 Å². The first-order chi connectivity index (χ1) is 6.38. The normalized spacial score (nSPS) is 9.85. The highest BCUT2D eigenvalue weighted by atomic mass is 16.5. The Balaban J connectivity index is 2.67. The molecule has 5 heteroatoms. The van der Waals surface area contributed by atoms with Gasteiger partial charge in [-0.05, 0) is 12.1 Å². The Hall–Kier alpha value is -2.04. The molecule has 64 valence electrons. The predicted octanol–water partition coefficient (Wildman–Crippen LogP) is 0.492. The molecular weight excluding hydrogens is 170 g/mol. The van der Waals surface area contributed by atoms with E-state index in [0.717, 1.165) is 0 Å². The molecule has 2 aromatic rings. The first-order valence-corrected chi connectivity index (χ1v) is 3.61. The molecule has 0 saturated heterocycles. The van der Waals surface area contributed by atoms with Gasteiger partial charge in [0, 0.05) is 11.5 Å². The lowest BCUT2D eigenvalue weighted by molar-refractivity contribution is 0.393. The summed E-state index contributed by atoms with van der Waals surface area (Å²) in [5.41, 5.74) is 0.383. The van der Waals surface area contributed by atoms with Crippen molar-refractivity contribution >= 4 is 0 Å². The van der Waals surface area contributed by atoms with Crippen LogP contribution < -0.4 is 5.43 Å². The maximum atomic E-state index is 11.3. The van der Waals surface area contributed by atoms with Crippen LogP contribution in [0.5, 0.6) is 0 Å². The van der Waals surface area contributed by atoms with Crippen LogP contribution in [0.4, 0.5) is 0 Å². The van der Waals surface area contributed by atoms with Gasteiger partial charge in [-0.25, -0.2) is 0 Å². The Bertz CT molecular complexity index is 453. The highest BCUT2D eigenvalue weighted by Crippen LogP contribution is 2.05. The molecule has 0 amide bonds. The number of nitrogens with zero attached hydrogens (tertiary/aromatic N) is 3. The molecule has 0 aliphatic heterocycles. The third-order valence-corrected chi connectivity index (χ3v) is 1.48. The van der Waals surface area contributed by atoms with Crippen molar-refractivity contribution in [3.63, 3.8) is 0 Å². The van der Waals surface area contributed by atoms with Gasteiger partial charge in [0.05, 0.1) is 0 Å². The van der Waals surface area contributed by atoms with E-state index in [9.17, 15) is 4.79 Å². The zero-order chi connectivity index (χ0) is 9.10. The molecule has 2 rings (SSSR count). The third kappa shape index (κ3) is 1.44. The largest absolute Gasteiger partial charge is 0.345 e. The van der Waals surface area contributed by atoms with Crippen LogP contribution in [0.15, 0.2) is 40.0 Å². The fourth-order valence-corrected chi connectivity index (χ4v) is 0.913. The first kappa shape index (κ1) is 7.60. The second-order valence-corrected chi connectivity index (χ2v) is 2.33. The second kappa shape index (κ2) is 3.14. The lowest BCUT2D eigenvalue weighted by atomic mass is 10.3. The smallest absolute Gasteiger partial charge is 0.206 e. The highest BCUT2D eigenvalue weighted by molar-refractivity contribution is 5.50. The van der Waals surface area contributed by atoms with Gasteiger partial charge in [0.2, 0.25) is 5.43 Å². The summed E-state index contributed by atoms with van der Waals surface area (Å²) in [6.07, 6.45) is 2.80. The van der Waals surface area contributed by atoms with Gasteiger partial charge in [0.15, 0.2) is 12.0 Å². The van der Waals surface area contributed by atoms with E-state index < -0.39 is 0 Å². The number of hydrogen-bond acceptors (Lipinski definition) is 5. The van der Waals surface area contributed by atoms with E-state index in [1.807, 2.05) is 0 Å². The summed E-state index contributed by atoms with van der Waals surface area (Å²) < 4.78 is 4.51. The zero-order valence-electron chi connectivity index (χ0n) is 6.54. The number of hydrogen-bond donors (Lipinski definition) is 0. The first-order valence-electron chi connectivity index (χ1n) is 3.61. The van der Waals surface area contributed by atoms with Gasteiger partial charge >= 0.3 is 0 Å². The standard InChI is InChI=1S/C8H5N3O2/c12-7-3-1-2-4-9-8(7)6-5-13-11-10-6/h1-5H. The van der Waals surface area contributed by atoms with Crippen LogP contribution in [0.25, 0.3) is 11.4 Å². The van der Waals surface area contributed by atoms with E-state index in [0.29, 0.717) is 5.69 Å². The Labute approximate surface area is 73.0 Å². The molecule has 0 aromatic carbocycles. The lowest BCUT2D eigenvalue weighted by Crippen LogP contribution is -2.01. The lowest BCUT2D eigenvalue weighted by Gasteiger charge is -1.83. The van der Waals surface area contributed by atoms with Crippen LogP contribution in [0.3, 0.4) is 0 Å². The molecule has 0 radical (unpaired) electrons. The molecule has 0 unspecified atom stereocenters. The van der Waals surface area contributed by atoms with Crippen LogP contribution >= 0.6 is 0 Å². The van der Waals surface area contributed by atoms with E-state index in [1.165, 1.54) is 18.5 Å². The summed E-state index contributed by atoms with van der Waals surface area (Å²) in [6, 6.07) is 4.70. The van der Waals surface area contributed by atoms with Gasteiger partial charge < -0.3 is 4.52 Å². The van der Waals surface area contributed by atoms with Crippen molar-refractivity contribution in [1.82, 2.24) is 15.4 Å². The van der Waals surface area contributed by atoms with Crippen molar-refractivity contribution < 1.29 is 4.52 Å². The van der Waals surface area contributed by atoms with Crippen LogP contribution in [0.1, 0.15) is 0 Å². The van der Waals surface area contributed by atoms with Gasteiger partial charge in [-0.15, -0.1) is 5.10 Å². The summed E-state index contributed by atoms with van der Waals surface area (Å²) in [6.45, 7) is 0. The minimum Gasteiger partial charge on any atom is -0.345 e. The van der Waals surface area contributed by atoms with Crippen molar-refractivity contribution in [3.05, 3.63) is 40.9 Å². The molecule has 0 saturated carbocycles. The Morgan fingerprint density at radius 1 is 1.31 bits per heavy atom. The number of aromatic nitrogens is 3. The fraction of sp³-hybridized carbons (Fsp3) is 0. The molecule has 5 nitrogen and oxygen atoms in total. The monoisotopic (exact) mass is 175 g/mol. The molecule has 2 heterocycles.